The highest BCUT2D eigenvalue weighted by Gasteiger charge is 2.00. The SMILES string of the molecule is NCc1ccnc(Br)c1Br. The van der Waals surface area contributed by atoms with Crippen LogP contribution in [0.2, 0.25) is 0 Å². The van der Waals surface area contributed by atoms with Crippen LogP contribution in [0, 0.1) is 0 Å². The lowest BCUT2D eigenvalue weighted by atomic mass is 10.3. The standard InChI is InChI=1S/C6H6Br2N2/c7-5-4(3-9)1-2-10-6(5)8/h1-2H,3,9H2. The highest BCUT2D eigenvalue weighted by Crippen LogP contribution is 2.23. The van der Waals surface area contributed by atoms with Gasteiger partial charge in [0.2, 0.25) is 0 Å². The fourth-order valence-electron chi connectivity index (χ4n) is 0.613. The number of nitrogens with zero attached hydrogens (tertiary/aromatic N) is 1. The van der Waals surface area contributed by atoms with Crippen molar-refractivity contribution in [1.82, 2.24) is 4.98 Å². The molecule has 0 saturated carbocycles. The van der Waals surface area contributed by atoms with Crippen LogP contribution in [0.4, 0.5) is 0 Å². The summed E-state index contributed by atoms with van der Waals surface area (Å²) < 4.78 is 1.74. The molecule has 0 aliphatic heterocycles. The third-order valence-corrected chi connectivity index (χ3v) is 3.16. The van der Waals surface area contributed by atoms with Gasteiger partial charge < -0.3 is 5.73 Å². The van der Waals surface area contributed by atoms with Crippen LogP contribution in [0.5, 0.6) is 0 Å². The molecule has 0 saturated heterocycles. The largest absolute Gasteiger partial charge is 0.326 e. The first kappa shape index (κ1) is 8.17. The van der Waals surface area contributed by atoms with E-state index in [9.17, 15) is 0 Å². The fraction of sp³-hybridized carbons (Fsp3) is 0.167. The lowest BCUT2D eigenvalue weighted by molar-refractivity contribution is 1.04. The van der Waals surface area contributed by atoms with Gasteiger partial charge in [0.25, 0.3) is 0 Å². The van der Waals surface area contributed by atoms with Crippen LogP contribution in [0.15, 0.2) is 21.3 Å². The van der Waals surface area contributed by atoms with Gasteiger partial charge in [-0.2, -0.15) is 0 Å². The van der Waals surface area contributed by atoms with Gasteiger partial charge in [0.05, 0.1) is 4.47 Å². The van der Waals surface area contributed by atoms with Crippen LogP contribution in [0.3, 0.4) is 0 Å². The Morgan fingerprint density at radius 3 is 2.70 bits per heavy atom. The number of nitrogens with two attached hydrogens (primary N) is 1. The van der Waals surface area contributed by atoms with Crippen molar-refractivity contribution in [2.24, 2.45) is 5.73 Å². The Bertz CT molecular complexity index is 237. The Morgan fingerprint density at radius 2 is 2.20 bits per heavy atom. The van der Waals surface area contributed by atoms with Crippen molar-refractivity contribution in [3.8, 4) is 0 Å². The van der Waals surface area contributed by atoms with E-state index in [4.69, 9.17) is 5.73 Å². The van der Waals surface area contributed by atoms with Crippen molar-refractivity contribution in [1.29, 1.82) is 0 Å². The monoisotopic (exact) mass is 264 g/mol. The zero-order valence-corrected chi connectivity index (χ0v) is 8.31. The summed E-state index contributed by atoms with van der Waals surface area (Å²) in [5, 5.41) is 0. The first-order chi connectivity index (χ1) is 4.75. The Kier molecular flexibility index (Phi) is 2.82. The first-order valence-corrected chi connectivity index (χ1v) is 4.33. The normalized spacial score (nSPS) is 9.90. The number of hydrogen-bond donors (Lipinski definition) is 1. The van der Waals surface area contributed by atoms with E-state index in [-0.39, 0.29) is 0 Å². The van der Waals surface area contributed by atoms with Crippen molar-refractivity contribution in [2.45, 2.75) is 6.54 Å². The number of rotatable bonds is 1. The van der Waals surface area contributed by atoms with Crippen LogP contribution in [0.25, 0.3) is 0 Å². The highest BCUT2D eigenvalue weighted by molar-refractivity contribution is 9.13. The molecule has 10 heavy (non-hydrogen) atoms. The molecule has 2 N–H and O–H groups in total. The molecule has 0 atom stereocenters. The van der Waals surface area contributed by atoms with Crippen molar-refractivity contribution in [2.75, 3.05) is 0 Å². The summed E-state index contributed by atoms with van der Waals surface area (Å²) in [7, 11) is 0. The van der Waals surface area contributed by atoms with Crippen LogP contribution in [0.1, 0.15) is 5.56 Å². The minimum Gasteiger partial charge on any atom is -0.326 e. The number of aromatic nitrogens is 1. The van der Waals surface area contributed by atoms with Crippen LogP contribution in [-0.2, 0) is 6.54 Å². The van der Waals surface area contributed by atoms with Gasteiger partial charge in [-0.15, -0.1) is 0 Å². The molecule has 1 rings (SSSR count). The second-order valence-electron chi connectivity index (χ2n) is 1.78. The Labute approximate surface area is 76.1 Å². The summed E-state index contributed by atoms with van der Waals surface area (Å²) in [5.74, 6) is 0. The number of halogens is 2. The predicted molar refractivity (Wildman–Crippen MR) is 47.5 cm³/mol. The van der Waals surface area contributed by atoms with Gasteiger partial charge in [-0.05, 0) is 43.5 Å². The molecule has 0 unspecified atom stereocenters. The number of hydrogen-bond acceptors (Lipinski definition) is 2. The van der Waals surface area contributed by atoms with Crippen molar-refractivity contribution in [3.63, 3.8) is 0 Å². The van der Waals surface area contributed by atoms with E-state index in [1.165, 1.54) is 0 Å². The Morgan fingerprint density at radius 1 is 1.50 bits per heavy atom. The molecule has 0 bridgehead atoms. The van der Waals surface area contributed by atoms with E-state index in [1.54, 1.807) is 6.20 Å². The summed E-state index contributed by atoms with van der Waals surface area (Å²) >= 11 is 6.62. The first-order valence-electron chi connectivity index (χ1n) is 2.74. The average Bonchev–Trinajstić information content (AvgIpc) is 1.95. The lowest BCUT2D eigenvalue weighted by Crippen LogP contribution is -1.97. The molecule has 54 valence electrons. The van der Waals surface area contributed by atoms with E-state index < -0.39 is 0 Å². The van der Waals surface area contributed by atoms with Gasteiger partial charge in [0, 0.05) is 12.7 Å². The zero-order valence-electron chi connectivity index (χ0n) is 5.14. The summed E-state index contributed by atoms with van der Waals surface area (Å²) in [6.45, 7) is 0.529. The minimum absolute atomic E-state index is 0.529. The second-order valence-corrected chi connectivity index (χ2v) is 3.32. The third-order valence-electron chi connectivity index (χ3n) is 1.15. The molecule has 0 amide bonds. The predicted octanol–water partition coefficient (Wildman–Crippen LogP) is 2.07. The third kappa shape index (κ3) is 1.56. The van der Waals surface area contributed by atoms with Crippen LogP contribution in [-0.4, -0.2) is 4.98 Å². The molecule has 1 heterocycles. The molecule has 1 aromatic rings. The zero-order chi connectivity index (χ0) is 7.56. The molecule has 0 aromatic carbocycles. The van der Waals surface area contributed by atoms with Gasteiger partial charge in [0.15, 0.2) is 0 Å². The lowest BCUT2D eigenvalue weighted by Gasteiger charge is -2.00. The van der Waals surface area contributed by atoms with Gasteiger partial charge in [-0.3, -0.25) is 0 Å². The van der Waals surface area contributed by atoms with E-state index >= 15 is 0 Å². The maximum atomic E-state index is 5.44. The molecule has 2 nitrogen and oxygen atoms in total. The molecule has 0 fully saturated rings. The van der Waals surface area contributed by atoms with Crippen molar-refractivity contribution >= 4 is 31.9 Å². The smallest absolute Gasteiger partial charge is 0.120 e. The van der Waals surface area contributed by atoms with Gasteiger partial charge in [0.1, 0.15) is 4.60 Å². The van der Waals surface area contributed by atoms with Crippen LogP contribution < -0.4 is 5.73 Å². The Balaban J connectivity index is 3.14. The quantitative estimate of drug-likeness (QED) is 0.790. The van der Waals surface area contributed by atoms with Crippen molar-refractivity contribution < 1.29 is 0 Å². The van der Waals surface area contributed by atoms with Gasteiger partial charge >= 0.3 is 0 Å². The summed E-state index contributed by atoms with van der Waals surface area (Å²) in [6.07, 6.45) is 1.72. The van der Waals surface area contributed by atoms with Crippen LogP contribution >= 0.6 is 31.9 Å². The summed E-state index contributed by atoms with van der Waals surface area (Å²) in [6, 6.07) is 1.88. The fourth-order valence-corrected chi connectivity index (χ4v) is 1.38. The topological polar surface area (TPSA) is 38.9 Å². The van der Waals surface area contributed by atoms with Crippen molar-refractivity contribution in [3.05, 3.63) is 26.9 Å². The van der Waals surface area contributed by atoms with E-state index in [2.05, 4.69) is 36.8 Å². The maximum absolute atomic E-state index is 5.44. The maximum Gasteiger partial charge on any atom is 0.120 e. The molecule has 0 aliphatic rings. The molecule has 0 radical (unpaired) electrons. The van der Waals surface area contributed by atoms with E-state index in [0.717, 1.165) is 14.6 Å². The van der Waals surface area contributed by atoms with E-state index in [0.29, 0.717) is 6.54 Å². The number of pyridine rings is 1. The highest BCUT2D eigenvalue weighted by atomic mass is 79.9. The summed E-state index contributed by atoms with van der Waals surface area (Å²) in [4.78, 5) is 4.00. The molecule has 0 spiro atoms. The average molecular weight is 266 g/mol. The summed E-state index contributed by atoms with van der Waals surface area (Å²) in [5.41, 5.74) is 6.50. The molecular formula is C6H6Br2N2. The second kappa shape index (κ2) is 3.46. The molecule has 0 aliphatic carbocycles. The van der Waals surface area contributed by atoms with Gasteiger partial charge in [-0.1, -0.05) is 0 Å². The van der Waals surface area contributed by atoms with Gasteiger partial charge in [-0.25, -0.2) is 4.98 Å². The molecular weight excluding hydrogens is 260 g/mol. The minimum atomic E-state index is 0.529. The van der Waals surface area contributed by atoms with E-state index in [1.807, 2.05) is 6.07 Å². The molecule has 1 aromatic heterocycles. The molecule has 4 heteroatoms. The Hall–Kier alpha value is 0.0700.